The minimum Gasteiger partial charge on any atom is -0.486 e. The average molecular weight is 581 g/mol. The van der Waals surface area contributed by atoms with Crippen LogP contribution in [0.2, 0.25) is 0 Å². The smallest absolute Gasteiger partial charge is 0.240 e. The maximum atomic E-state index is 13.8. The number of hydrogen-bond donors (Lipinski definition) is 2. The van der Waals surface area contributed by atoms with E-state index in [1.807, 2.05) is 48.5 Å². The molecule has 9 nitrogen and oxygen atoms in total. The van der Waals surface area contributed by atoms with Crippen LogP contribution in [0.4, 0.5) is 0 Å². The van der Waals surface area contributed by atoms with Gasteiger partial charge in [-0.2, -0.15) is 0 Å². The van der Waals surface area contributed by atoms with E-state index < -0.39 is 22.0 Å². The van der Waals surface area contributed by atoms with Gasteiger partial charge in [-0.25, -0.2) is 13.1 Å². The number of amides is 1. The largest absolute Gasteiger partial charge is 0.486 e. The summed E-state index contributed by atoms with van der Waals surface area (Å²) in [4.78, 5) is 13.9. The second kappa shape index (κ2) is 13.0. The Balaban J connectivity index is 1.30. The van der Waals surface area contributed by atoms with E-state index in [4.69, 9.17) is 18.9 Å². The zero-order chi connectivity index (χ0) is 28.8. The highest BCUT2D eigenvalue weighted by atomic mass is 32.2. The molecule has 4 atom stereocenters. The highest BCUT2D eigenvalue weighted by molar-refractivity contribution is 7.89. The quantitative estimate of drug-likeness (QED) is 0.338. The molecular formula is C31H36N2O7S. The van der Waals surface area contributed by atoms with E-state index >= 15 is 0 Å². The molecule has 0 radical (unpaired) electrons. The van der Waals surface area contributed by atoms with Crippen molar-refractivity contribution in [2.45, 2.75) is 42.4 Å². The summed E-state index contributed by atoms with van der Waals surface area (Å²) in [5, 5.41) is 3.23. The van der Waals surface area contributed by atoms with Gasteiger partial charge < -0.3 is 24.3 Å². The van der Waals surface area contributed by atoms with Crippen LogP contribution in [0.1, 0.15) is 29.2 Å². The lowest BCUT2D eigenvalue weighted by Crippen LogP contribution is -2.42. The summed E-state index contributed by atoms with van der Waals surface area (Å²) >= 11 is 0. The van der Waals surface area contributed by atoms with E-state index in [0.717, 1.165) is 23.1 Å². The topological polar surface area (TPSA) is 112 Å². The number of nitrogens with one attached hydrogen (secondary N) is 2. The molecule has 0 fully saturated rings. The van der Waals surface area contributed by atoms with E-state index in [1.165, 1.54) is 19.2 Å². The first-order valence-corrected chi connectivity index (χ1v) is 15.2. The monoisotopic (exact) mass is 580 g/mol. The molecule has 0 unspecified atom stereocenters. The van der Waals surface area contributed by atoms with Crippen molar-refractivity contribution in [2.75, 3.05) is 34.0 Å². The summed E-state index contributed by atoms with van der Waals surface area (Å²) in [6.45, 7) is 0.779. The van der Waals surface area contributed by atoms with Crippen LogP contribution in [-0.4, -0.2) is 60.5 Å². The lowest BCUT2D eigenvalue weighted by molar-refractivity contribution is -0.127. The normalized spacial score (nSPS) is 19.3. The Morgan fingerprint density at radius 2 is 1.71 bits per heavy atom. The van der Waals surface area contributed by atoms with Crippen molar-refractivity contribution in [1.82, 2.24) is 10.0 Å². The predicted molar refractivity (Wildman–Crippen MR) is 153 cm³/mol. The molecule has 2 aliphatic rings. The second-order valence-electron chi connectivity index (χ2n) is 10.3. The summed E-state index contributed by atoms with van der Waals surface area (Å²) in [5.41, 5.74) is 3.23. The lowest BCUT2D eigenvalue weighted by atomic mass is 9.92. The average Bonchev–Trinajstić information content (AvgIpc) is 3.36. The van der Waals surface area contributed by atoms with Gasteiger partial charge >= 0.3 is 0 Å². The van der Waals surface area contributed by atoms with E-state index in [9.17, 15) is 13.2 Å². The number of carbonyl (C=O) groups excluding carboxylic acids is 1. The van der Waals surface area contributed by atoms with Gasteiger partial charge in [0.2, 0.25) is 15.9 Å². The fourth-order valence-corrected chi connectivity index (χ4v) is 6.54. The summed E-state index contributed by atoms with van der Waals surface area (Å²) < 4.78 is 51.3. The fraction of sp³-hybridized carbons (Fsp3) is 0.387. The van der Waals surface area contributed by atoms with Crippen molar-refractivity contribution < 1.29 is 32.2 Å². The van der Waals surface area contributed by atoms with Crippen LogP contribution in [0, 0.1) is 5.92 Å². The van der Waals surface area contributed by atoms with Crippen LogP contribution in [0.15, 0.2) is 77.7 Å². The number of sulfonamides is 1. The molecule has 1 heterocycles. The van der Waals surface area contributed by atoms with E-state index in [2.05, 4.69) is 16.1 Å². The molecule has 0 saturated heterocycles. The molecule has 0 aromatic heterocycles. The number of fused-ring (bicyclic) bond motifs is 2. The molecule has 0 bridgehead atoms. The molecule has 1 amide bonds. The second-order valence-corrected chi connectivity index (χ2v) is 12.1. The maximum Gasteiger partial charge on any atom is 0.240 e. The number of methoxy groups -OCH3 is 2. The molecule has 0 spiro atoms. The fourth-order valence-electron chi connectivity index (χ4n) is 5.46. The Morgan fingerprint density at radius 3 is 2.46 bits per heavy atom. The Morgan fingerprint density at radius 1 is 0.976 bits per heavy atom. The molecule has 3 aromatic rings. The molecular weight excluding hydrogens is 544 g/mol. The summed E-state index contributed by atoms with van der Waals surface area (Å²) in [7, 11) is -0.678. The van der Waals surface area contributed by atoms with Crippen molar-refractivity contribution in [1.29, 1.82) is 0 Å². The van der Waals surface area contributed by atoms with Gasteiger partial charge in [-0.1, -0.05) is 54.6 Å². The number of rotatable bonds is 12. The van der Waals surface area contributed by atoms with Gasteiger partial charge in [0.1, 0.15) is 13.2 Å². The zero-order valence-corrected chi connectivity index (χ0v) is 24.1. The molecule has 0 saturated carbocycles. The Labute approximate surface area is 241 Å². The van der Waals surface area contributed by atoms with E-state index in [1.54, 1.807) is 13.2 Å². The maximum absolute atomic E-state index is 13.8. The SMILES string of the molecule is CO[C@H](CNS(=O)(=O)c1ccc2c(c1)OCCO2)C[C@@H](Cc1ccccc1)C(=O)N[C@H]1c2ccccc2C[C@H]1OC. The van der Waals surface area contributed by atoms with Crippen LogP contribution < -0.4 is 19.5 Å². The zero-order valence-electron chi connectivity index (χ0n) is 23.2. The first-order chi connectivity index (χ1) is 19.9. The Hall–Kier alpha value is -3.44. The van der Waals surface area contributed by atoms with Gasteiger partial charge in [-0.15, -0.1) is 0 Å². The Bertz CT molecular complexity index is 1450. The van der Waals surface area contributed by atoms with Crippen LogP contribution >= 0.6 is 0 Å². The lowest BCUT2D eigenvalue weighted by Gasteiger charge is -2.27. The van der Waals surface area contributed by atoms with Gasteiger partial charge in [-0.05, 0) is 41.7 Å². The van der Waals surface area contributed by atoms with Gasteiger partial charge in [0.15, 0.2) is 11.5 Å². The first kappa shape index (κ1) is 29.1. The van der Waals surface area contributed by atoms with Crippen molar-refractivity contribution in [2.24, 2.45) is 5.92 Å². The summed E-state index contributed by atoms with van der Waals surface area (Å²) in [6, 6.07) is 22.1. The molecule has 2 N–H and O–H groups in total. The van der Waals surface area contributed by atoms with Crippen LogP contribution in [0.25, 0.3) is 0 Å². The highest BCUT2D eigenvalue weighted by Gasteiger charge is 2.35. The molecule has 1 aliphatic carbocycles. The highest BCUT2D eigenvalue weighted by Crippen LogP contribution is 2.34. The third kappa shape index (κ3) is 6.90. The van der Waals surface area contributed by atoms with Gasteiger partial charge in [0, 0.05) is 39.2 Å². The van der Waals surface area contributed by atoms with Crippen molar-refractivity contribution in [3.05, 3.63) is 89.5 Å². The van der Waals surface area contributed by atoms with E-state index in [0.29, 0.717) is 37.6 Å². The third-order valence-electron chi connectivity index (χ3n) is 7.68. The number of benzene rings is 3. The predicted octanol–water partition coefficient (Wildman–Crippen LogP) is 3.43. The third-order valence-corrected chi connectivity index (χ3v) is 9.11. The van der Waals surface area contributed by atoms with Crippen LogP contribution in [0.5, 0.6) is 11.5 Å². The standard InChI is InChI=1S/C31H36N2O7S/c1-37-24(20-32-41(35,36)25-12-13-27-28(19-25)40-15-14-39-27)17-23(16-21-8-4-3-5-9-21)31(34)33-30-26-11-7-6-10-22(26)18-29(30)38-2/h3-13,19,23-24,29-30,32H,14-18,20H2,1-2H3,(H,33,34)/t23-,24+,29-,30+/m1/s1. The molecule has 218 valence electrons. The van der Waals surface area contributed by atoms with Crippen molar-refractivity contribution in [3.8, 4) is 11.5 Å². The minimum atomic E-state index is -3.86. The van der Waals surface area contributed by atoms with Crippen LogP contribution in [0.3, 0.4) is 0 Å². The number of ether oxygens (including phenoxy) is 4. The summed E-state index contributed by atoms with van der Waals surface area (Å²) in [6.07, 6.45) is 0.809. The van der Waals surface area contributed by atoms with Crippen molar-refractivity contribution >= 4 is 15.9 Å². The van der Waals surface area contributed by atoms with Gasteiger partial charge in [0.05, 0.1) is 23.1 Å². The van der Waals surface area contributed by atoms with Gasteiger partial charge in [0.25, 0.3) is 0 Å². The molecule has 41 heavy (non-hydrogen) atoms. The van der Waals surface area contributed by atoms with Crippen LogP contribution in [-0.2, 0) is 37.1 Å². The molecule has 3 aromatic carbocycles. The number of hydrogen-bond acceptors (Lipinski definition) is 7. The van der Waals surface area contributed by atoms with E-state index in [-0.39, 0.29) is 29.5 Å². The first-order valence-electron chi connectivity index (χ1n) is 13.7. The van der Waals surface area contributed by atoms with Gasteiger partial charge in [-0.3, -0.25) is 4.79 Å². The number of carbonyl (C=O) groups is 1. The Kier molecular flexibility index (Phi) is 9.24. The van der Waals surface area contributed by atoms with Crippen molar-refractivity contribution in [3.63, 3.8) is 0 Å². The minimum absolute atomic E-state index is 0.00119. The molecule has 5 rings (SSSR count). The summed E-state index contributed by atoms with van der Waals surface area (Å²) in [5.74, 6) is 0.311. The molecule has 1 aliphatic heterocycles. The molecule has 10 heteroatoms.